The fourth-order valence-electron chi connectivity index (χ4n) is 2.33. The maximum absolute atomic E-state index is 6.12. The zero-order valence-corrected chi connectivity index (χ0v) is 14.8. The van der Waals surface area contributed by atoms with Crippen molar-refractivity contribution in [2.24, 2.45) is 5.10 Å². The Balaban J connectivity index is 1.92. The van der Waals surface area contributed by atoms with Crippen molar-refractivity contribution in [3.63, 3.8) is 0 Å². The van der Waals surface area contributed by atoms with Crippen molar-refractivity contribution in [2.75, 3.05) is 5.43 Å². The summed E-state index contributed by atoms with van der Waals surface area (Å²) in [5.41, 5.74) is 5.87. The summed E-state index contributed by atoms with van der Waals surface area (Å²) < 4.78 is 0. The van der Waals surface area contributed by atoms with Crippen molar-refractivity contribution in [2.45, 2.75) is 23.5 Å². The Morgan fingerprint density at radius 1 is 1.05 bits per heavy atom. The molecule has 114 valence electrons. The molecule has 6 heteroatoms. The van der Waals surface area contributed by atoms with Gasteiger partial charge in [0, 0.05) is 37.2 Å². The van der Waals surface area contributed by atoms with Gasteiger partial charge in [-0.25, -0.2) is 0 Å². The molecule has 0 aliphatic carbocycles. The Morgan fingerprint density at radius 2 is 1.77 bits per heavy atom. The van der Waals surface area contributed by atoms with E-state index in [2.05, 4.69) is 17.5 Å². The number of hydrogen-bond acceptors (Lipinski definition) is 3. The van der Waals surface area contributed by atoms with Crippen LogP contribution < -0.4 is 5.43 Å². The van der Waals surface area contributed by atoms with Crippen LogP contribution in [0.4, 0.5) is 5.69 Å². The Morgan fingerprint density at radius 3 is 2.50 bits per heavy atom. The molecule has 2 nitrogen and oxygen atoms in total. The van der Waals surface area contributed by atoms with Gasteiger partial charge in [0.15, 0.2) is 0 Å². The van der Waals surface area contributed by atoms with Crippen molar-refractivity contribution >= 4 is 58.0 Å². The second-order valence-electron chi connectivity index (χ2n) is 5.10. The molecule has 22 heavy (non-hydrogen) atoms. The van der Waals surface area contributed by atoms with Crippen LogP contribution >= 0.6 is 46.6 Å². The normalized spacial score (nSPS) is 19.1. The molecule has 1 atom stereocenters. The Kier molecular flexibility index (Phi) is 4.88. The lowest BCUT2D eigenvalue weighted by molar-refractivity contribution is 0.988. The molecule has 1 heterocycles. The second kappa shape index (κ2) is 6.71. The molecule has 0 saturated heterocycles. The van der Waals surface area contributed by atoms with E-state index >= 15 is 0 Å². The summed E-state index contributed by atoms with van der Waals surface area (Å²) in [6.45, 7) is 2.19. The highest BCUT2D eigenvalue weighted by Crippen LogP contribution is 2.36. The van der Waals surface area contributed by atoms with Gasteiger partial charge in [0.05, 0.1) is 11.4 Å². The van der Waals surface area contributed by atoms with E-state index in [0.717, 1.165) is 23.4 Å². The summed E-state index contributed by atoms with van der Waals surface area (Å²) in [6, 6.07) is 11.2. The van der Waals surface area contributed by atoms with Crippen LogP contribution in [0.15, 0.2) is 46.4 Å². The molecule has 1 N–H and O–H groups in total. The first-order chi connectivity index (χ1) is 10.5. The molecule has 0 radical (unpaired) electrons. The zero-order valence-electron chi connectivity index (χ0n) is 11.7. The molecule has 0 bridgehead atoms. The minimum Gasteiger partial charge on any atom is -0.278 e. The topological polar surface area (TPSA) is 24.4 Å². The maximum atomic E-state index is 6.12. The highest BCUT2D eigenvalue weighted by molar-refractivity contribution is 8.00. The third kappa shape index (κ3) is 3.72. The number of benzene rings is 2. The summed E-state index contributed by atoms with van der Waals surface area (Å²) >= 11 is 20.0. The third-order valence-corrected chi connectivity index (χ3v) is 5.09. The van der Waals surface area contributed by atoms with E-state index in [-0.39, 0.29) is 0 Å². The highest BCUT2D eigenvalue weighted by Gasteiger charge is 2.21. The van der Waals surface area contributed by atoms with Gasteiger partial charge in [-0.2, -0.15) is 5.10 Å². The predicted octanol–water partition coefficient (Wildman–Crippen LogP) is 6.35. The van der Waals surface area contributed by atoms with Gasteiger partial charge >= 0.3 is 0 Å². The largest absolute Gasteiger partial charge is 0.278 e. The molecule has 0 unspecified atom stereocenters. The van der Waals surface area contributed by atoms with Crippen LogP contribution in [0.5, 0.6) is 0 Å². The lowest BCUT2D eigenvalue weighted by Crippen LogP contribution is -2.17. The number of thioether (sulfide) groups is 1. The highest BCUT2D eigenvalue weighted by atomic mass is 35.5. The molecular weight excluding hydrogens is 359 g/mol. The van der Waals surface area contributed by atoms with Crippen molar-refractivity contribution in [1.82, 2.24) is 0 Å². The molecule has 1 aliphatic rings. The summed E-state index contributed by atoms with van der Waals surface area (Å²) in [7, 11) is 0. The van der Waals surface area contributed by atoms with Gasteiger partial charge < -0.3 is 0 Å². The van der Waals surface area contributed by atoms with E-state index in [9.17, 15) is 0 Å². The minimum atomic E-state index is 0.470. The van der Waals surface area contributed by atoms with E-state index in [1.165, 1.54) is 4.90 Å². The summed E-state index contributed by atoms with van der Waals surface area (Å²) in [5.74, 6) is 0. The van der Waals surface area contributed by atoms with E-state index in [4.69, 9.17) is 34.8 Å². The number of halogens is 3. The standard InChI is InChI=1S/C16H13Cl3N2S/c1-9-4-15(14-8-10(17)2-3-16(14)22-9)21-20-13-6-11(18)5-12(19)7-13/h2-3,5-9,20H,4H2,1H3/t9-/m0/s1. The number of nitrogens with zero attached hydrogens (tertiary/aromatic N) is 1. The average molecular weight is 372 g/mol. The van der Waals surface area contributed by atoms with Crippen molar-refractivity contribution in [1.29, 1.82) is 0 Å². The number of rotatable bonds is 2. The number of nitrogens with one attached hydrogen (secondary N) is 1. The van der Waals surface area contributed by atoms with Gasteiger partial charge in [0.2, 0.25) is 0 Å². The summed E-state index contributed by atoms with van der Waals surface area (Å²) in [6.07, 6.45) is 0.874. The summed E-state index contributed by atoms with van der Waals surface area (Å²) in [4.78, 5) is 1.20. The molecular formula is C16H13Cl3N2S. The molecule has 2 aromatic carbocycles. The Bertz CT molecular complexity index is 726. The van der Waals surface area contributed by atoms with Gasteiger partial charge in [-0.1, -0.05) is 41.7 Å². The first kappa shape index (κ1) is 16.0. The molecule has 0 spiro atoms. The molecule has 0 saturated carbocycles. The molecule has 0 aromatic heterocycles. The molecule has 0 fully saturated rings. The van der Waals surface area contributed by atoms with Gasteiger partial charge in [-0.15, -0.1) is 11.8 Å². The van der Waals surface area contributed by atoms with Gasteiger partial charge in [0.1, 0.15) is 0 Å². The number of anilines is 1. The van der Waals surface area contributed by atoms with Crippen LogP contribution in [0.25, 0.3) is 0 Å². The monoisotopic (exact) mass is 370 g/mol. The lowest BCUT2D eigenvalue weighted by atomic mass is 10.1. The van der Waals surface area contributed by atoms with Crippen LogP contribution in [0.1, 0.15) is 18.9 Å². The minimum absolute atomic E-state index is 0.470. The quantitative estimate of drug-likeness (QED) is 0.622. The SMILES string of the molecule is C[C@H]1CC(=NNc2cc(Cl)cc(Cl)c2)c2cc(Cl)ccc2S1. The maximum Gasteiger partial charge on any atom is 0.0702 e. The van der Waals surface area contributed by atoms with Crippen LogP contribution in [-0.2, 0) is 0 Å². The molecule has 0 amide bonds. The van der Waals surface area contributed by atoms with Gasteiger partial charge in [-0.3, -0.25) is 5.43 Å². The van der Waals surface area contributed by atoms with Crippen LogP contribution in [0, 0.1) is 0 Å². The fourth-order valence-corrected chi connectivity index (χ4v) is 4.15. The van der Waals surface area contributed by atoms with Crippen molar-refractivity contribution in [3.8, 4) is 0 Å². The first-order valence-corrected chi connectivity index (χ1v) is 8.78. The van der Waals surface area contributed by atoms with E-state index in [1.807, 2.05) is 30.0 Å². The molecule has 2 aromatic rings. The van der Waals surface area contributed by atoms with E-state index in [1.54, 1.807) is 18.2 Å². The van der Waals surface area contributed by atoms with Crippen molar-refractivity contribution in [3.05, 3.63) is 57.0 Å². The number of hydrazone groups is 1. The van der Waals surface area contributed by atoms with Crippen LogP contribution in [0.2, 0.25) is 15.1 Å². The zero-order chi connectivity index (χ0) is 15.7. The lowest BCUT2D eigenvalue weighted by Gasteiger charge is -2.22. The average Bonchev–Trinajstić information content (AvgIpc) is 2.44. The number of hydrogen-bond donors (Lipinski definition) is 1. The molecule has 1 aliphatic heterocycles. The van der Waals surface area contributed by atoms with Crippen LogP contribution in [-0.4, -0.2) is 11.0 Å². The molecule has 3 rings (SSSR count). The van der Waals surface area contributed by atoms with Crippen LogP contribution in [0.3, 0.4) is 0 Å². The van der Waals surface area contributed by atoms with E-state index in [0.29, 0.717) is 20.3 Å². The van der Waals surface area contributed by atoms with Gasteiger partial charge in [-0.05, 0) is 36.4 Å². The third-order valence-electron chi connectivity index (χ3n) is 3.24. The van der Waals surface area contributed by atoms with E-state index < -0.39 is 0 Å². The van der Waals surface area contributed by atoms with Gasteiger partial charge in [0.25, 0.3) is 0 Å². The first-order valence-electron chi connectivity index (χ1n) is 6.76. The Hall–Kier alpha value is -0.870. The summed E-state index contributed by atoms with van der Waals surface area (Å²) in [5, 5.41) is 6.88. The second-order valence-corrected chi connectivity index (χ2v) is 7.89. The van der Waals surface area contributed by atoms with Crippen molar-refractivity contribution < 1.29 is 0 Å². The smallest absolute Gasteiger partial charge is 0.0702 e. The fraction of sp³-hybridized carbons (Fsp3) is 0.188. The Labute approximate surface area is 148 Å². The predicted molar refractivity (Wildman–Crippen MR) is 98.0 cm³/mol. The number of fused-ring (bicyclic) bond motifs is 1.